The molecule has 0 atom stereocenters. The summed E-state index contributed by atoms with van der Waals surface area (Å²) in [5, 5.41) is 2.87. The zero-order chi connectivity index (χ0) is 19.2. The minimum atomic E-state index is -3.62. The van der Waals surface area contributed by atoms with Crippen molar-refractivity contribution in [3.8, 4) is 0 Å². The highest BCUT2D eigenvalue weighted by Gasteiger charge is 2.16. The van der Waals surface area contributed by atoms with Gasteiger partial charge in [-0.15, -0.1) is 11.3 Å². The lowest BCUT2D eigenvalue weighted by molar-refractivity contribution is 0.0949. The molecule has 0 unspecified atom stereocenters. The van der Waals surface area contributed by atoms with E-state index in [1.807, 2.05) is 0 Å². The summed E-state index contributed by atoms with van der Waals surface area (Å²) < 4.78 is 28.1. The number of hydrogen-bond donors (Lipinski definition) is 2. The van der Waals surface area contributed by atoms with Crippen LogP contribution in [0.15, 0.2) is 44.4 Å². The maximum absolute atomic E-state index is 12.3. The van der Waals surface area contributed by atoms with Crippen molar-refractivity contribution >= 4 is 48.9 Å². The molecule has 2 rings (SSSR count). The Morgan fingerprint density at radius 3 is 2.31 bits per heavy atom. The van der Waals surface area contributed by atoms with E-state index in [4.69, 9.17) is 0 Å². The van der Waals surface area contributed by atoms with Gasteiger partial charge in [0, 0.05) is 24.3 Å². The van der Waals surface area contributed by atoms with Gasteiger partial charge in [-0.3, -0.25) is 9.52 Å². The Bertz CT molecular complexity index is 831. The van der Waals surface area contributed by atoms with E-state index >= 15 is 0 Å². The lowest BCUT2D eigenvalue weighted by Crippen LogP contribution is -2.34. The molecule has 0 fully saturated rings. The number of benzene rings is 1. The average molecular weight is 460 g/mol. The van der Waals surface area contributed by atoms with Gasteiger partial charge in [-0.2, -0.15) is 0 Å². The Morgan fingerprint density at radius 2 is 1.77 bits per heavy atom. The Labute approximate surface area is 166 Å². The van der Waals surface area contributed by atoms with Gasteiger partial charge < -0.3 is 10.2 Å². The second kappa shape index (κ2) is 9.50. The van der Waals surface area contributed by atoms with Gasteiger partial charge >= 0.3 is 0 Å². The van der Waals surface area contributed by atoms with E-state index in [0.717, 1.165) is 34.8 Å². The molecule has 0 aliphatic rings. The maximum Gasteiger partial charge on any atom is 0.271 e. The molecule has 1 aromatic carbocycles. The number of nitrogens with zero attached hydrogens (tertiary/aromatic N) is 1. The first kappa shape index (κ1) is 20.9. The minimum absolute atomic E-state index is 0.172. The van der Waals surface area contributed by atoms with Crippen molar-refractivity contribution in [2.45, 2.75) is 18.1 Å². The molecule has 9 heteroatoms. The molecule has 1 heterocycles. The van der Waals surface area contributed by atoms with Crippen LogP contribution in [0.2, 0.25) is 0 Å². The van der Waals surface area contributed by atoms with Crippen LogP contribution in [0.25, 0.3) is 0 Å². The molecular weight excluding hydrogens is 438 g/mol. The molecule has 2 N–H and O–H groups in total. The summed E-state index contributed by atoms with van der Waals surface area (Å²) in [6.07, 6.45) is 0. The molecule has 0 aliphatic carbocycles. The van der Waals surface area contributed by atoms with Gasteiger partial charge in [-0.25, -0.2) is 8.42 Å². The van der Waals surface area contributed by atoms with Crippen LogP contribution >= 0.6 is 27.3 Å². The molecule has 1 aromatic heterocycles. The monoisotopic (exact) mass is 459 g/mol. The van der Waals surface area contributed by atoms with E-state index in [2.05, 4.69) is 44.7 Å². The Balaban J connectivity index is 1.94. The van der Waals surface area contributed by atoms with Crippen LogP contribution in [-0.2, 0) is 10.0 Å². The van der Waals surface area contributed by atoms with Gasteiger partial charge in [0.15, 0.2) is 0 Å². The first-order valence-corrected chi connectivity index (χ1v) is 11.3. The number of likely N-dealkylation sites (N-methyl/N-ethyl adjacent to an activating group) is 1. The van der Waals surface area contributed by atoms with Crippen molar-refractivity contribution in [3.05, 3.63) is 45.7 Å². The summed E-state index contributed by atoms with van der Waals surface area (Å²) in [4.78, 5) is 14.4. The fraction of sp³-hybridized carbons (Fsp3) is 0.353. The summed E-state index contributed by atoms with van der Waals surface area (Å²) in [7, 11) is -3.62. The summed E-state index contributed by atoms with van der Waals surface area (Å²) in [6.45, 7) is 7.43. The van der Waals surface area contributed by atoms with Gasteiger partial charge in [-0.1, -0.05) is 13.8 Å². The minimum Gasteiger partial charge on any atom is -0.351 e. The van der Waals surface area contributed by atoms with E-state index in [-0.39, 0.29) is 10.1 Å². The summed E-state index contributed by atoms with van der Waals surface area (Å²) in [5.41, 5.74) is 0.903. The second-order valence-electron chi connectivity index (χ2n) is 5.52. The first-order valence-electron chi connectivity index (χ1n) is 8.24. The van der Waals surface area contributed by atoms with E-state index in [9.17, 15) is 13.2 Å². The molecule has 0 radical (unpaired) electrons. The molecule has 0 spiro atoms. The van der Waals surface area contributed by atoms with Gasteiger partial charge in [-0.05, 0) is 65.4 Å². The topological polar surface area (TPSA) is 78.5 Å². The number of halogens is 1. The number of carbonyl (C=O) groups excluding carboxylic acids is 1. The third-order valence-electron chi connectivity index (χ3n) is 3.82. The van der Waals surface area contributed by atoms with Crippen molar-refractivity contribution in [2.24, 2.45) is 0 Å². The van der Waals surface area contributed by atoms with Crippen LogP contribution in [0.4, 0.5) is 5.69 Å². The van der Waals surface area contributed by atoms with Crippen LogP contribution in [0.3, 0.4) is 0 Å². The number of anilines is 1. The molecule has 142 valence electrons. The quantitative estimate of drug-likeness (QED) is 0.602. The maximum atomic E-state index is 12.3. The number of carbonyl (C=O) groups is 1. The molecule has 2 aromatic rings. The summed E-state index contributed by atoms with van der Waals surface area (Å²) >= 11 is 4.39. The van der Waals surface area contributed by atoms with Crippen molar-refractivity contribution in [1.82, 2.24) is 10.2 Å². The number of thiophene rings is 1. The normalized spacial score (nSPS) is 11.5. The van der Waals surface area contributed by atoms with Crippen LogP contribution < -0.4 is 10.0 Å². The van der Waals surface area contributed by atoms with Gasteiger partial charge in [0.05, 0.1) is 3.79 Å². The highest BCUT2D eigenvalue weighted by Crippen LogP contribution is 2.27. The molecule has 0 bridgehead atoms. The molecule has 0 saturated carbocycles. The lowest BCUT2D eigenvalue weighted by Gasteiger charge is -2.18. The summed E-state index contributed by atoms with van der Waals surface area (Å²) in [5.74, 6) is -0.172. The number of sulfonamides is 1. The number of rotatable bonds is 9. The molecule has 26 heavy (non-hydrogen) atoms. The van der Waals surface area contributed by atoms with E-state index in [0.29, 0.717) is 17.8 Å². The number of nitrogens with one attached hydrogen (secondary N) is 2. The number of amides is 1. The lowest BCUT2D eigenvalue weighted by atomic mass is 10.2. The fourth-order valence-corrected chi connectivity index (χ4v) is 5.38. The smallest absolute Gasteiger partial charge is 0.271 e. The molecular formula is C17H22BrN3O3S2. The van der Waals surface area contributed by atoms with Crippen molar-refractivity contribution < 1.29 is 13.2 Å². The largest absolute Gasteiger partial charge is 0.351 e. The zero-order valence-corrected chi connectivity index (χ0v) is 17.9. The molecule has 0 aliphatic heterocycles. The van der Waals surface area contributed by atoms with Crippen molar-refractivity contribution in [1.29, 1.82) is 0 Å². The third kappa shape index (κ3) is 5.80. The SMILES string of the molecule is CCN(CC)CCNC(=O)c1ccc(NS(=O)(=O)c2ccc(Br)s2)cc1. The summed E-state index contributed by atoms with van der Waals surface area (Å²) in [6, 6.07) is 9.60. The Morgan fingerprint density at radius 1 is 1.12 bits per heavy atom. The highest BCUT2D eigenvalue weighted by atomic mass is 79.9. The van der Waals surface area contributed by atoms with Crippen LogP contribution in [0.5, 0.6) is 0 Å². The van der Waals surface area contributed by atoms with Gasteiger partial charge in [0.1, 0.15) is 4.21 Å². The second-order valence-corrected chi connectivity index (χ2v) is 9.90. The van der Waals surface area contributed by atoms with Gasteiger partial charge in [0.2, 0.25) is 0 Å². The van der Waals surface area contributed by atoms with Crippen molar-refractivity contribution in [3.63, 3.8) is 0 Å². The van der Waals surface area contributed by atoms with Crippen LogP contribution in [0, 0.1) is 0 Å². The molecule has 0 saturated heterocycles. The Hall–Kier alpha value is -1.42. The fourth-order valence-electron chi connectivity index (χ4n) is 2.31. The first-order chi connectivity index (χ1) is 12.4. The van der Waals surface area contributed by atoms with Crippen LogP contribution in [-0.4, -0.2) is 45.4 Å². The molecule has 6 nitrogen and oxygen atoms in total. The Kier molecular flexibility index (Phi) is 7.63. The van der Waals surface area contributed by atoms with E-state index < -0.39 is 10.0 Å². The average Bonchev–Trinajstić information content (AvgIpc) is 3.06. The van der Waals surface area contributed by atoms with Gasteiger partial charge in [0.25, 0.3) is 15.9 Å². The third-order valence-corrected chi connectivity index (χ3v) is 7.32. The standard InChI is InChI=1S/C17H22BrN3O3S2/c1-3-21(4-2)12-11-19-17(22)13-5-7-14(8-6-13)20-26(23,24)16-10-9-15(18)25-16/h5-10,20H,3-4,11-12H2,1-2H3,(H,19,22). The van der Waals surface area contributed by atoms with E-state index in [1.165, 1.54) is 6.07 Å². The van der Waals surface area contributed by atoms with Crippen molar-refractivity contribution in [2.75, 3.05) is 30.9 Å². The predicted molar refractivity (Wildman–Crippen MR) is 109 cm³/mol. The van der Waals surface area contributed by atoms with E-state index in [1.54, 1.807) is 30.3 Å². The number of hydrogen-bond acceptors (Lipinski definition) is 5. The highest BCUT2D eigenvalue weighted by molar-refractivity contribution is 9.11. The van der Waals surface area contributed by atoms with Crippen LogP contribution in [0.1, 0.15) is 24.2 Å². The predicted octanol–water partition coefficient (Wildman–Crippen LogP) is 3.38. The molecule has 1 amide bonds. The zero-order valence-electron chi connectivity index (χ0n) is 14.7.